The Bertz CT molecular complexity index is 850. The van der Waals surface area contributed by atoms with Gasteiger partial charge in [0.05, 0.1) is 31.7 Å². The van der Waals surface area contributed by atoms with E-state index in [2.05, 4.69) is 10.6 Å². The third-order valence-electron chi connectivity index (χ3n) is 4.84. The smallest absolute Gasteiger partial charge is 0.228 e. The van der Waals surface area contributed by atoms with Gasteiger partial charge in [0.15, 0.2) is 0 Å². The van der Waals surface area contributed by atoms with E-state index in [4.69, 9.17) is 9.47 Å². The van der Waals surface area contributed by atoms with Gasteiger partial charge in [-0.25, -0.2) is 0 Å². The monoisotopic (exact) mass is 368 g/mol. The lowest BCUT2D eigenvalue weighted by Gasteiger charge is -2.12. The Balaban J connectivity index is 1.56. The minimum Gasteiger partial charge on any atom is -0.497 e. The summed E-state index contributed by atoms with van der Waals surface area (Å²) in [6.07, 6.45) is 0.553. The molecule has 0 saturated heterocycles. The second-order valence-corrected chi connectivity index (χ2v) is 6.65. The number of nitrogens with one attached hydrogen (secondary N) is 2. The molecule has 2 atom stereocenters. The number of ether oxygens (including phenoxy) is 2. The van der Waals surface area contributed by atoms with E-state index in [-0.39, 0.29) is 23.7 Å². The molecule has 27 heavy (non-hydrogen) atoms. The molecular weight excluding hydrogens is 344 g/mol. The van der Waals surface area contributed by atoms with Crippen LogP contribution in [0, 0.1) is 18.8 Å². The van der Waals surface area contributed by atoms with E-state index in [0.29, 0.717) is 30.2 Å². The Morgan fingerprint density at radius 3 is 2.48 bits per heavy atom. The zero-order valence-corrected chi connectivity index (χ0v) is 15.7. The van der Waals surface area contributed by atoms with Crippen LogP contribution in [0.3, 0.4) is 0 Å². The van der Waals surface area contributed by atoms with E-state index in [0.717, 1.165) is 11.1 Å². The standard InChI is InChI=1S/C21H24N2O4/c1-13-6-4-5-7-14(13)12-22-20(24)16-11-17(16)21(25)23-18-10-15(26-2)8-9-19(18)27-3/h4-10,16-17H,11-12H2,1-3H3,(H,22,24)(H,23,25). The van der Waals surface area contributed by atoms with Crippen LogP contribution in [0.25, 0.3) is 0 Å². The number of amides is 2. The summed E-state index contributed by atoms with van der Waals surface area (Å²) in [4.78, 5) is 24.8. The van der Waals surface area contributed by atoms with E-state index in [1.54, 1.807) is 25.3 Å². The first-order valence-corrected chi connectivity index (χ1v) is 8.88. The van der Waals surface area contributed by atoms with Crippen LogP contribution in [-0.2, 0) is 16.1 Å². The van der Waals surface area contributed by atoms with Crippen molar-refractivity contribution in [1.29, 1.82) is 0 Å². The normalized spacial score (nSPS) is 17.7. The van der Waals surface area contributed by atoms with Gasteiger partial charge in [0, 0.05) is 12.6 Å². The minimum absolute atomic E-state index is 0.0870. The molecule has 1 aliphatic rings. The fraction of sp³-hybridized carbons (Fsp3) is 0.333. The molecule has 2 amide bonds. The van der Waals surface area contributed by atoms with Gasteiger partial charge in [-0.1, -0.05) is 24.3 Å². The first kappa shape index (κ1) is 18.8. The summed E-state index contributed by atoms with van der Waals surface area (Å²) in [7, 11) is 3.10. The van der Waals surface area contributed by atoms with Crippen molar-refractivity contribution in [3.05, 3.63) is 53.6 Å². The summed E-state index contributed by atoms with van der Waals surface area (Å²) in [6.45, 7) is 2.48. The first-order valence-electron chi connectivity index (χ1n) is 8.88. The summed E-state index contributed by atoms with van der Waals surface area (Å²) in [5.74, 6) is 0.289. The van der Waals surface area contributed by atoms with Gasteiger partial charge < -0.3 is 20.1 Å². The molecule has 2 aromatic rings. The predicted molar refractivity (Wildman–Crippen MR) is 103 cm³/mol. The highest BCUT2D eigenvalue weighted by Crippen LogP contribution is 2.40. The highest BCUT2D eigenvalue weighted by atomic mass is 16.5. The number of carbonyl (C=O) groups is 2. The first-order chi connectivity index (χ1) is 13.0. The molecule has 1 fully saturated rings. The number of benzene rings is 2. The van der Waals surface area contributed by atoms with Crippen molar-refractivity contribution >= 4 is 17.5 Å². The fourth-order valence-corrected chi connectivity index (χ4v) is 3.03. The fourth-order valence-electron chi connectivity index (χ4n) is 3.03. The maximum Gasteiger partial charge on any atom is 0.228 e. The highest BCUT2D eigenvalue weighted by molar-refractivity contribution is 6.00. The van der Waals surface area contributed by atoms with Gasteiger partial charge in [-0.15, -0.1) is 0 Å². The molecule has 2 aromatic carbocycles. The average Bonchev–Trinajstić information content (AvgIpc) is 3.48. The van der Waals surface area contributed by atoms with Crippen molar-refractivity contribution in [2.24, 2.45) is 11.8 Å². The van der Waals surface area contributed by atoms with Crippen LogP contribution < -0.4 is 20.1 Å². The maximum atomic E-state index is 12.5. The minimum atomic E-state index is -0.322. The van der Waals surface area contributed by atoms with Crippen molar-refractivity contribution in [2.75, 3.05) is 19.5 Å². The Labute approximate surface area is 158 Å². The van der Waals surface area contributed by atoms with Crippen LogP contribution in [0.5, 0.6) is 11.5 Å². The van der Waals surface area contributed by atoms with Crippen LogP contribution in [0.4, 0.5) is 5.69 Å². The molecule has 6 heteroatoms. The molecule has 6 nitrogen and oxygen atoms in total. The molecule has 0 spiro atoms. The lowest BCUT2D eigenvalue weighted by molar-refractivity contribution is -0.125. The van der Waals surface area contributed by atoms with Crippen LogP contribution in [0.2, 0.25) is 0 Å². The summed E-state index contributed by atoms with van der Waals surface area (Å²) in [5.41, 5.74) is 2.74. The van der Waals surface area contributed by atoms with Crippen LogP contribution in [0.1, 0.15) is 17.5 Å². The summed E-state index contributed by atoms with van der Waals surface area (Å²) in [6, 6.07) is 13.1. The lowest BCUT2D eigenvalue weighted by Crippen LogP contribution is -2.27. The van der Waals surface area contributed by atoms with Gasteiger partial charge in [-0.05, 0) is 36.6 Å². The predicted octanol–water partition coefficient (Wildman–Crippen LogP) is 2.90. The molecule has 0 aliphatic heterocycles. The number of methoxy groups -OCH3 is 2. The van der Waals surface area contributed by atoms with Gasteiger partial charge >= 0.3 is 0 Å². The SMILES string of the molecule is COc1ccc(OC)c(NC(=O)C2CC2C(=O)NCc2ccccc2C)c1. The second-order valence-electron chi connectivity index (χ2n) is 6.65. The van der Waals surface area contributed by atoms with Crippen LogP contribution in [-0.4, -0.2) is 26.0 Å². The van der Waals surface area contributed by atoms with E-state index >= 15 is 0 Å². The van der Waals surface area contributed by atoms with Crippen molar-refractivity contribution < 1.29 is 19.1 Å². The zero-order chi connectivity index (χ0) is 19.4. The Morgan fingerprint density at radius 1 is 1.04 bits per heavy atom. The lowest BCUT2D eigenvalue weighted by atomic mass is 10.1. The molecule has 0 aromatic heterocycles. The van der Waals surface area contributed by atoms with E-state index in [1.165, 1.54) is 7.11 Å². The van der Waals surface area contributed by atoms with Gasteiger partial charge in [0.1, 0.15) is 11.5 Å². The second kappa shape index (κ2) is 8.12. The Kier molecular flexibility index (Phi) is 5.64. The van der Waals surface area contributed by atoms with Gasteiger partial charge in [0.2, 0.25) is 11.8 Å². The van der Waals surface area contributed by atoms with E-state index < -0.39 is 0 Å². The number of anilines is 1. The number of rotatable bonds is 7. The molecule has 2 unspecified atom stereocenters. The summed E-state index contributed by atoms with van der Waals surface area (Å²) >= 11 is 0. The van der Waals surface area contributed by atoms with E-state index in [9.17, 15) is 9.59 Å². The molecular formula is C21H24N2O4. The Hall–Kier alpha value is -3.02. The van der Waals surface area contributed by atoms with E-state index in [1.807, 2.05) is 31.2 Å². The molecule has 1 saturated carbocycles. The number of carbonyl (C=O) groups excluding carboxylic acids is 2. The van der Waals surface area contributed by atoms with Gasteiger partial charge in [-0.3, -0.25) is 9.59 Å². The zero-order valence-electron chi connectivity index (χ0n) is 15.7. The topological polar surface area (TPSA) is 76.7 Å². The van der Waals surface area contributed by atoms with Crippen LogP contribution in [0.15, 0.2) is 42.5 Å². The quantitative estimate of drug-likeness (QED) is 0.788. The molecule has 0 bridgehead atoms. The molecule has 0 radical (unpaired) electrons. The largest absolute Gasteiger partial charge is 0.497 e. The van der Waals surface area contributed by atoms with Crippen molar-refractivity contribution in [1.82, 2.24) is 5.32 Å². The molecule has 1 aliphatic carbocycles. The van der Waals surface area contributed by atoms with Crippen LogP contribution >= 0.6 is 0 Å². The average molecular weight is 368 g/mol. The molecule has 3 rings (SSSR count). The molecule has 0 heterocycles. The highest BCUT2D eigenvalue weighted by Gasteiger charge is 2.48. The number of hydrogen-bond acceptors (Lipinski definition) is 4. The van der Waals surface area contributed by atoms with Gasteiger partial charge in [0.25, 0.3) is 0 Å². The maximum absolute atomic E-state index is 12.5. The summed E-state index contributed by atoms with van der Waals surface area (Å²) in [5, 5.41) is 5.77. The third-order valence-corrected chi connectivity index (χ3v) is 4.84. The summed E-state index contributed by atoms with van der Waals surface area (Å²) < 4.78 is 10.5. The third kappa shape index (κ3) is 4.39. The van der Waals surface area contributed by atoms with Gasteiger partial charge in [-0.2, -0.15) is 0 Å². The molecule has 142 valence electrons. The van der Waals surface area contributed by atoms with Crippen molar-refractivity contribution in [3.8, 4) is 11.5 Å². The van der Waals surface area contributed by atoms with Crippen molar-refractivity contribution in [3.63, 3.8) is 0 Å². The molecule has 2 N–H and O–H groups in total. The van der Waals surface area contributed by atoms with Crippen molar-refractivity contribution in [2.45, 2.75) is 19.9 Å². The Morgan fingerprint density at radius 2 is 1.78 bits per heavy atom. The number of hydrogen-bond donors (Lipinski definition) is 2. The number of aryl methyl sites for hydroxylation is 1.